The highest BCUT2D eigenvalue weighted by Gasteiger charge is 2.20. The lowest BCUT2D eigenvalue weighted by atomic mass is 10.1. The van der Waals surface area contributed by atoms with Crippen molar-refractivity contribution in [3.05, 3.63) is 42.0 Å². The second-order valence-corrected chi connectivity index (χ2v) is 5.86. The first kappa shape index (κ1) is 15.5. The highest BCUT2D eigenvalue weighted by molar-refractivity contribution is 5.76. The van der Waals surface area contributed by atoms with Crippen LogP contribution in [0, 0.1) is 6.92 Å². The van der Waals surface area contributed by atoms with Crippen LogP contribution in [-0.4, -0.2) is 47.2 Å². The van der Waals surface area contributed by atoms with Crippen molar-refractivity contribution in [1.82, 2.24) is 15.1 Å². The number of aryl methyl sites for hydroxylation is 1. The predicted molar refractivity (Wildman–Crippen MR) is 91.3 cm³/mol. The van der Waals surface area contributed by atoms with E-state index in [1.807, 2.05) is 24.0 Å². The van der Waals surface area contributed by atoms with E-state index in [9.17, 15) is 4.79 Å². The second-order valence-electron chi connectivity index (χ2n) is 5.86. The van der Waals surface area contributed by atoms with Crippen LogP contribution in [0.2, 0.25) is 0 Å². The number of piperazine rings is 1. The molecule has 1 fully saturated rings. The lowest BCUT2D eigenvalue weighted by molar-refractivity contribution is -0.131. The molecule has 1 amide bonds. The molecule has 0 spiro atoms. The van der Waals surface area contributed by atoms with Gasteiger partial charge in [0, 0.05) is 38.2 Å². The third kappa shape index (κ3) is 3.50. The summed E-state index contributed by atoms with van der Waals surface area (Å²) in [4.78, 5) is 15.8. The molecule has 1 aliphatic rings. The lowest BCUT2D eigenvalue weighted by Gasteiger charge is -2.35. The Morgan fingerprint density at radius 3 is 2.26 bits per heavy atom. The van der Waals surface area contributed by atoms with Crippen molar-refractivity contribution in [2.75, 3.05) is 31.1 Å². The van der Waals surface area contributed by atoms with Gasteiger partial charge in [-0.2, -0.15) is 0 Å². The predicted octanol–water partition coefficient (Wildman–Crippen LogP) is 2.51. The zero-order valence-corrected chi connectivity index (χ0v) is 13.7. The molecule has 0 atom stereocenters. The summed E-state index contributed by atoms with van der Waals surface area (Å²) in [7, 11) is 0. The molecule has 2 aromatic rings. The number of hydrogen-bond donors (Lipinski definition) is 0. The van der Waals surface area contributed by atoms with E-state index in [0.29, 0.717) is 6.42 Å². The molecule has 5 nitrogen and oxygen atoms in total. The molecule has 120 valence electrons. The summed E-state index contributed by atoms with van der Waals surface area (Å²) < 4.78 is 0. The smallest absolute Gasteiger partial charge is 0.222 e. The van der Waals surface area contributed by atoms with Crippen LogP contribution in [0.4, 0.5) is 5.82 Å². The third-order valence-electron chi connectivity index (χ3n) is 4.26. The summed E-state index contributed by atoms with van der Waals surface area (Å²) in [6, 6.07) is 12.3. The summed E-state index contributed by atoms with van der Waals surface area (Å²) in [5.74, 6) is 1.11. The molecule has 0 radical (unpaired) electrons. The first-order valence-electron chi connectivity index (χ1n) is 8.11. The fourth-order valence-corrected chi connectivity index (χ4v) is 2.78. The molecule has 23 heavy (non-hydrogen) atoms. The Morgan fingerprint density at radius 2 is 1.70 bits per heavy atom. The van der Waals surface area contributed by atoms with Gasteiger partial charge in [0.25, 0.3) is 0 Å². The van der Waals surface area contributed by atoms with E-state index in [4.69, 9.17) is 0 Å². The molecule has 1 saturated heterocycles. The van der Waals surface area contributed by atoms with Gasteiger partial charge in [-0.3, -0.25) is 4.79 Å². The first-order chi connectivity index (χ1) is 11.2. The topological polar surface area (TPSA) is 49.3 Å². The van der Waals surface area contributed by atoms with Gasteiger partial charge in [0.05, 0.1) is 5.69 Å². The van der Waals surface area contributed by atoms with Crippen molar-refractivity contribution < 1.29 is 4.79 Å². The van der Waals surface area contributed by atoms with E-state index in [0.717, 1.165) is 43.3 Å². The van der Waals surface area contributed by atoms with Gasteiger partial charge in [-0.05, 0) is 19.1 Å². The number of aromatic nitrogens is 2. The molecule has 1 aliphatic heterocycles. The molecule has 5 heteroatoms. The van der Waals surface area contributed by atoms with Gasteiger partial charge >= 0.3 is 0 Å². The Bertz CT molecular complexity index is 658. The van der Waals surface area contributed by atoms with Crippen molar-refractivity contribution in [3.63, 3.8) is 0 Å². The van der Waals surface area contributed by atoms with Crippen LogP contribution in [0.1, 0.15) is 18.9 Å². The molecule has 0 bridgehead atoms. The minimum Gasteiger partial charge on any atom is -0.352 e. The maximum Gasteiger partial charge on any atom is 0.222 e. The fraction of sp³-hybridized carbons (Fsp3) is 0.389. The summed E-state index contributed by atoms with van der Waals surface area (Å²) in [5.41, 5.74) is 3.19. The number of amides is 1. The van der Waals surface area contributed by atoms with E-state index in [1.54, 1.807) is 0 Å². The van der Waals surface area contributed by atoms with Crippen LogP contribution in [0.15, 0.2) is 36.4 Å². The van der Waals surface area contributed by atoms with Crippen molar-refractivity contribution in [1.29, 1.82) is 0 Å². The molecule has 0 saturated carbocycles. The zero-order valence-electron chi connectivity index (χ0n) is 13.7. The van der Waals surface area contributed by atoms with E-state index in [2.05, 4.69) is 46.3 Å². The largest absolute Gasteiger partial charge is 0.352 e. The number of nitrogens with zero attached hydrogens (tertiary/aromatic N) is 4. The number of hydrogen-bond acceptors (Lipinski definition) is 4. The van der Waals surface area contributed by atoms with Crippen LogP contribution >= 0.6 is 0 Å². The number of anilines is 1. The van der Waals surface area contributed by atoms with Gasteiger partial charge in [-0.15, -0.1) is 10.2 Å². The quantitative estimate of drug-likeness (QED) is 0.874. The van der Waals surface area contributed by atoms with Crippen LogP contribution in [0.25, 0.3) is 11.3 Å². The Kier molecular flexibility index (Phi) is 4.55. The second kappa shape index (κ2) is 6.77. The van der Waals surface area contributed by atoms with E-state index >= 15 is 0 Å². The molecule has 0 unspecified atom stereocenters. The highest BCUT2D eigenvalue weighted by atomic mass is 16.2. The third-order valence-corrected chi connectivity index (χ3v) is 4.26. The van der Waals surface area contributed by atoms with Crippen molar-refractivity contribution >= 4 is 11.7 Å². The van der Waals surface area contributed by atoms with Crippen LogP contribution < -0.4 is 4.90 Å². The molecule has 1 aromatic carbocycles. The van der Waals surface area contributed by atoms with Gasteiger partial charge in [0.15, 0.2) is 5.82 Å². The van der Waals surface area contributed by atoms with Crippen molar-refractivity contribution in [2.24, 2.45) is 0 Å². The molecule has 2 heterocycles. The Balaban J connectivity index is 1.66. The van der Waals surface area contributed by atoms with Gasteiger partial charge in [-0.1, -0.05) is 36.8 Å². The lowest BCUT2D eigenvalue weighted by Crippen LogP contribution is -2.48. The molecule has 1 aromatic heterocycles. The van der Waals surface area contributed by atoms with Crippen LogP contribution in [0.3, 0.4) is 0 Å². The van der Waals surface area contributed by atoms with Crippen molar-refractivity contribution in [2.45, 2.75) is 20.3 Å². The number of rotatable bonds is 3. The number of benzene rings is 1. The minimum atomic E-state index is 0.227. The first-order valence-corrected chi connectivity index (χ1v) is 8.11. The SMILES string of the molecule is CCC(=O)N1CCN(c2ccc(-c3ccc(C)cc3)nn2)CC1. The zero-order chi connectivity index (χ0) is 16.2. The van der Waals surface area contributed by atoms with E-state index in [1.165, 1.54) is 5.56 Å². The standard InChI is InChI=1S/C18H22N4O/c1-3-18(23)22-12-10-21(11-13-22)17-9-8-16(19-20-17)15-6-4-14(2)5-7-15/h4-9H,3,10-13H2,1-2H3. The molecule has 0 N–H and O–H groups in total. The molecule has 0 aliphatic carbocycles. The van der Waals surface area contributed by atoms with Crippen LogP contribution in [0.5, 0.6) is 0 Å². The average Bonchev–Trinajstić information content (AvgIpc) is 2.62. The Hall–Kier alpha value is -2.43. The summed E-state index contributed by atoms with van der Waals surface area (Å²) in [6.45, 7) is 7.11. The summed E-state index contributed by atoms with van der Waals surface area (Å²) in [5, 5.41) is 8.72. The highest BCUT2D eigenvalue weighted by Crippen LogP contribution is 2.19. The number of carbonyl (C=O) groups excluding carboxylic acids is 1. The number of carbonyl (C=O) groups is 1. The fourth-order valence-electron chi connectivity index (χ4n) is 2.78. The van der Waals surface area contributed by atoms with Gasteiger partial charge in [0.2, 0.25) is 5.91 Å². The monoisotopic (exact) mass is 310 g/mol. The summed E-state index contributed by atoms with van der Waals surface area (Å²) >= 11 is 0. The van der Waals surface area contributed by atoms with Gasteiger partial charge in [-0.25, -0.2) is 0 Å². The van der Waals surface area contributed by atoms with Gasteiger partial charge < -0.3 is 9.80 Å². The molecular weight excluding hydrogens is 288 g/mol. The maximum atomic E-state index is 11.7. The van der Waals surface area contributed by atoms with Crippen molar-refractivity contribution in [3.8, 4) is 11.3 Å². The van der Waals surface area contributed by atoms with Gasteiger partial charge in [0.1, 0.15) is 0 Å². The molecule has 3 rings (SSSR count). The maximum absolute atomic E-state index is 11.7. The Morgan fingerprint density at radius 1 is 1.00 bits per heavy atom. The normalized spacial score (nSPS) is 14.9. The van der Waals surface area contributed by atoms with Crippen LogP contribution in [-0.2, 0) is 4.79 Å². The summed E-state index contributed by atoms with van der Waals surface area (Å²) in [6.07, 6.45) is 0.574. The average molecular weight is 310 g/mol. The van der Waals surface area contributed by atoms with E-state index in [-0.39, 0.29) is 5.91 Å². The Labute approximate surface area is 136 Å². The molecular formula is C18H22N4O. The minimum absolute atomic E-state index is 0.227. The van der Waals surface area contributed by atoms with E-state index < -0.39 is 0 Å².